The second kappa shape index (κ2) is 9.26. The molecule has 0 spiro atoms. The number of aryl methyl sites for hydroxylation is 1. The Bertz CT molecular complexity index is 1620. The second-order valence-corrected chi connectivity index (χ2v) is 9.13. The van der Waals surface area contributed by atoms with E-state index in [-0.39, 0.29) is 11.6 Å². The molecular formula is C27H27N7O2. The Kier molecular flexibility index (Phi) is 5.97. The molecule has 0 radical (unpaired) electrons. The van der Waals surface area contributed by atoms with Gasteiger partial charge in [-0.15, -0.1) is 0 Å². The minimum Gasteiger partial charge on any atom is -0.332 e. The SMILES string of the molecule is CC(=O)Nc1cn(C)c(-c2ccc(Cn3c(=O)[nH]c4cnc(-c5ccccc5C(C)C)nc43)cc2)n1. The van der Waals surface area contributed by atoms with Gasteiger partial charge in [0.05, 0.1) is 12.7 Å². The van der Waals surface area contributed by atoms with Crippen LogP contribution >= 0.6 is 0 Å². The molecule has 0 bridgehead atoms. The van der Waals surface area contributed by atoms with Crippen molar-refractivity contribution < 1.29 is 4.79 Å². The molecule has 182 valence electrons. The molecule has 5 aromatic rings. The number of anilines is 1. The zero-order valence-electron chi connectivity index (χ0n) is 20.6. The van der Waals surface area contributed by atoms with Gasteiger partial charge in [0.15, 0.2) is 17.3 Å². The molecule has 0 unspecified atom stereocenters. The highest BCUT2D eigenvalue weighted by molar-refractivity contribution is 5.87. The number of benzene rings is 2. The van der Waals surface area contributed by atoms with Crippen molar-refractivity contribution in [2.75, 3.05) is 5.32 Å². The molecule has 0 aliphatic carbocycles. The first-order chi connectivity index (χ1) is 17.3. The lowest BCUT2D eigenvalue weighted by Crippen LogP contribution is -2.17. The molecule has 0 atom stereocenters. The Morgan fingerprint density at radius 1 is 1.08 bits per heavy atom. The van der Waals surface area contributed by atoms with Crippen LogP contribution in [-0.2, 0) is 18.4 Å². The van der Waals surface area contributed by atoms with E-state index in [0.717, 1.165) is 28.1 Å². The van der Waals surface area contributed by atoms with Crippen LogP contribution in [-0.4, -0.2) is 35.0 Å². The molecule has 9 nitrogen and oxygen atoms in total. The first kappa shape index (κ1) is 23.2. The van der Waals surface area contributed by atoms with Gasteiger partial charge in [-0.2, -0.15) is 0 Å². The fourth-order valence-electron chi connectivity index (χ4n) is 4.34. The minimum atomic E-state index is -0.235. The molecule has 5 rings (SSSR count). The average molecular weight is 482 g/mol. The number of amides is 1. The van der Waals surface area contributed by atoms with Gasteiger partial charge >= 0.3 is 5.69 Å². The summed E-state index contributed by atoms with van der Waals surface area (Å²) in [6, 6.07) is 15.9. The van der Waals surface area contributed by atoms with Gasteiger partial charge in [-0.25, -0.2) is 19.7 Å². The molecule has 0 saturated heterocycles. The zero-order valence-corrected chi connectivity index (χ0v) is 20.6. The monoisotopic (exact) mass is 481 g/mol. The topological polar surface area (TPSA) is 110 Å². The summed E-state index contributed by atoms with van der Waals surface area (Å²) in [4.78, 5) is 40.8. The van der Waals surface area contributed by atoms with Crippen LogP contribution in [0.2, 0.25) is 0 Å². The van der Waals surface area contributed by atoms with Crippen molar-refractivity contribution in [3.05, 3.63) is 82.5 Å². The summed E-state index contributed by atoms with van der Waals surface area (Å²) in [7, 11) is 1.88. The number of rotatable bonds is 6. The molecule has 0 fully saturated rings. The normalized spacial score (nSPS) is 11.4. The number of fused-ring (bicyclic) bond motifs is 1. The first-order valence-electron chi connectivity index (χ1n) is 11.7. The Morgan fingerprint density at radius 3 is 2.56 bits per heavy atom. The Hall–Kier alpha value is -4.53. The van der Waals surface area contributed by atoms with E-state index in [0.29, 0.717) is 35.3 Å². The van der Waals surface area contributed by atoms with Gasteiger partial charge in [-0.05, 0) is 17.0 Å². The van der Waals surface area contributed by atoms with Crippen molar-refractivity contribution >= 4 is 22.9 Å². The first-order valence-corrected chi connectivity index (χ1v) is 11.7. The van der Waals surface area contributed by atoms with Crippen molar-refractivity contribution in [1.29, 1.82) is 0 Å². The van der Waals surface area contributed by atoms with E-state index in [9.17, 15) is 9.59 Å². The lowest BCUT2D eigenvalue weighted by Gasteiger charge is -2.11. The van der Waals surface area contributed by atoms with Gasteiger partial charge < -0.3 is 14.9 Å². The van der Waals surface area contributed by atoms with E-state index >= 15 is 0 Å². The number of hydrogen-bond donors (Lipinski definition) is 2. The second-order valence-electron chi connectivity index (χ2n) is 9.13. The molecule has 0 saturated carbocycles. The summed E-state index contributed by atoms with van der Waals surface area (Å²) < 4.78 is 3.49. The number of carbonyl (C=O) groups excluding carboxylic acids is 1. The van der Waals surface area contributed by atoms with Crippen LogP contribution in [0.3, 0.4) is 0 Å². The summed E-state index contributed by atoms with van der Waals surface area (Å²) in [6.45, 7) is 6.09. The van der Waals surface area contributed by atoms with Gasteiger partial charge in [0, 0.05) is 31.3 Å². The number of carbonyl (C=O) groups is 1. The predicted molar refractivity (Wildman–Crippen MR) is 140 cm³/mol. The fraction of sp³-hybridized carbons (Fsp3) is 0.222. The van der Waals surface area contributed by atoms with Crippen molar-refractivity contribution in [1.82, 2.24) is 29.1 Å². The number of nitrogens with one attached hydrogen (secondary N) is 2. The van der Waals surface area contributed by atoms with Crippen molar-refractivity contribution in [3.8, 4) is 22.8 Å². The maximum atomic E-state index is 12.8. The van der Waals surface area contributed by atoms with Crippen molar-refractivity contribution in [2.24, 2.45) is 7.05 Å². The Labute approximate surface area is 207 Å². The summed E-state index contributed by atoms with van der Waals surface area (Å²) >= 11 is 0. The van der Waals surface area contributed by atoms with Crippen LogP contribution in [0.4, 0.5) is 5.82 Å². The molecule has 0 aliphatic rings. The number of hydrogen-bond acceptors (Lipinski definition) is 5. The molecule has 0 aliphatic heterocycles. The number of imidazole rings is 2. The van der Waals surface area contributed by atoms with Gasteiger partial charge in [0.2, 0.25) is 5.91 Å². The summed E-state index contributed by atoms with van der Waals surface area (Å²) in [5, 5.41) is 2.70. The van der Waals surface area contributed by atoms with Crippen molar-refractivity contribution in [2.45, 2.75) is 33.2 Å². The van der Waals surface area contributed by atoms with Crippen LogP contribution in [0, 0.1) is 0 Å². The van der Waals surface area contributed by atoms with Crippen LogP contribution < -0.4 is 11.0 Å². The highest BCUT2D eigenvalue weighted by Gasteiger charge is 2.15. The smallest absolute Gasteiger partial charge is 0.328 e. The molecular weight excluding hydrogens is 454 g/mol. The predicted octanol–water partition coefficient (Wildman–Crippen LogP) is 4.32. The summed E-state index contributed by atoms with van der Waals surface area (Å²) in [6.07, 6.45) is 3.44. The summed E-state index contributed by atoms with van der Waals surface area (Å²) in [5.74, 6) is 1.98. The molecule has 3 heterocycles. The van der Waals surface area contributed by atoms with Crippen molar-refractivity contribution in [3.63, 3.8) is 0 Å². The third kappa shape index (κ3) is 4.43. The number of aromatic nitrogens is 6. The average Bonchev–Trinajstić information content (AvgIpc) is 3.37. The van der Waals surface area contributed by atoms with Gasteiger partial charge in [0.25, 0.3) is 0 Å². The summed E-state index contributed by atoms with van der Waals surface area (Å²) in [5.41, 5.74) is 4.90. The standard InChI is InChI=1S/C27H27N7O2/c1-16(2)20-7-5-6-8-21(20)24-28-13-22-26(32-24)34(27(36)30-22)14-18-9-11-19(12-10-18)25-31-23(15-33(25)4)29-17(3)35/h5-13,15-16H,14H2,1-4H3,(H,29,35)(H,30,36). The van der Waals surface area contributed by atoms with E-state index in [2.05, 4.69) is 40.2 Å². The Balaban J connectivity index is 1.46. The number of nitrogens with zero attached hydrogens (tertiary/aromatic N) is 5. The van der Waals surface area contributed by atoms with E-state index < -0.39 is 0 Å². The van der Waals surface area contributed by atoms with Crippen LogP contribution in [0.15, 0.2) is 65.7 Å². The van der Waals surface area contributed by atoms with Crippen LogP contribution in [0.1, 0.15) is 37.8 Å². The van der Waals surface area contributed by atoms with Gasteiger partial charge in [-0.3, -0.25) is 9.36 Å². The Morgan fingerprint density at radius 2 is 1.83 bits per heavy atom. The fourth-order valence-corrected chi connectivity index (χ4v) is 4.34. The van der Waals surface area contributed by atoms with Gasteiger partial charge in [-0.1, -0.05) is 62.4 Å². The van der Waals surface area contributed by atoms with E-state index in [1.54, 1.807) is 17.0 Å². The lowest BCUT2D eigenvalue weighted by molar-refractivity contribution is -0.114. The molecule has 2 aromatic carbocycles. The van der Waals surface area contributed by atoms with E-state index in [1.165, 1.54) is 6.92 Å². The lowest BCUT2D eigenvalue weighted by atomic mass is 9.97. The number of H-pyrrole nitrogens is 1. The quantitative estimate of drug-likeness (QED) is 0.375. The highest BCUT2D eigenvalue weighted by Crippen LogP contribution is 2.27. The molecule has 2 N–H and O–H groups in total. The minimum absolute atomic E-state index is 0.168. The highest BCUT2D eigenvalue weighted by atomic mass is 16.2. The zero-order chi connectivity index (χ0) is 25.4. The molecule has 36 heavy (non-hydrogen) atoms. The molecule has 1 amide bonds. The van der Waals surface area contributed by atoms with E-state index in [1.807, 2.05) is 54.1 Å². The maximum absolute atomic E-state index is 12.8. The third-order valence-corrected chi connectivity index (χ3v) is 6.07. The van der Waals surface area contributed by atoms with Crippen LogP contribution in [0.25, 0.3) is 33.9 Å². The largest absolute Gasteiger partial charge is 0.332 e. The van der Waals surface area contributed by atoms with E-state index in [4.69, 9.17) is 4.98 Å². The van der Waals surface area contributed by atoms with Crippen LogP contribution in [0.5, 0.6) is 0 Å². The van der Waals surface area contributed by atoms with Gasteiger partial charge in [0.1, 0.15) is 11.3 Å². The number of aromatic amines is 1. The molecule has 9 heteroatoms. The third-order valence-electron chi connectivity index (χ3n) is 6.07. The maximum Gasteiger partial charge on any atom is 0.328 e. The molecule has 3 aromatic heterocycles.